The second-order valence-electron chi connectivity index (χ2n) is 8.20. The normalized spacial score (nSPS) is 15.6. The van der Waals surface area contributed by atoms with Gasteiger partial charge in [0.2, 0.25) is 0 Å². The van der Waals surface area contributed by atoms with Crippen LogP contribution in [0.1, 0.15) is 31.0 Å². The molecule has 0 radical (unpaired) electrons. The summed E-state index contributed by atoms with van der Waals surface area (Å²) in [6.07, 6.45) is 3.73. The second-order valence-corrected chi connectivity index (χ2v) is 9.21. The monoisotopic (exact) mass is 503 g/mol. The largest absolute Gasteiger partial charge is 0.497 e. The average Bonchev–Trinajstić information content (AvgIpc) is 3.43. The molecule has 0 saturated carbocycles. The van der Waals surface area contributed by atoms with Crippen LogP contribution < -0.4 is 24.4 Å². The van der Waals surface area contributed by atoms with Crippen LogP contribution in [0.25, 0.3) is 17.0 Å². The third-order valence-corrected chi connectivity index (χ3v) is 7.14. The number of fused-ring (bicyclic) bond motifs is 2. The fraction of sp³-hybridized carbons (Fsp3) is 0.222. The second kappa shape index (κ2) is 9.50. The van der Waals surface area contributed by atoms with E-state index in [1.165, 1.54) is 11.3 Å². The maximum atomic E-state index is 13.8. The Bertz CT molecular complexity index is 1690. The van der Waals surface area contributed by atoms with Crippen LogP contribution in [-0.4, -0.2) is 36.3 Å². The molecule has 0 amide bonds. The maximum Gasteiger partial charge on any atom is 0.338 e. The number of methoxy groups -OCH3 is 2. The van der Waals surface area contributed by atoms with Gasteiger partial charge in [-0.15, -0.1) is 0 Å². The molecule has 0 aliphatic carbocycles. The van der Waals surface area contributed by atoms with Crippen LogP contribution >= 0.6 is 11.3 Å². The summed E-state index contributed by atoms with van der Waals surface area (Å²) in [5.41, 5.74) is 3.06. The number of esters is 1. The first-order chi connectivity index (χ1) is 17.5. The highest BCUT2D eigenvalue weighted by Gasteiger charge is 2.35. The Hall–Kier alpha value is -4.11. The van der Waals surface area contributed by atoms with E-state index < -0.39 is 12.0 Å². The predicted octanol–water partition coefficient (Wildman–Crippen LogP) is 3.30. The standard InChI is InChI=1S/C27H25N3O5S/c1-5-35-26(32)23-15(2)29-27-30(24(23)19-11-10-17(33-3)13-21(19)34-4)25(31)22(36-27)12-16-14-28-20-9-7-6-8-18(16)20/h6-14,24,28H,5H2,1-4H3/t24-/m1/s1. The van der Waals surface area contributed by atoms with Gasteiger partial charge in [-0.1, -0.05) is 29.5 Å². The molecule has 0 spiro atoms. The smallest absolute Gasteiger partial charge is 0.338 e. The number of aromatic nitrogens is 2. The highest BCUT2D eigenvalue weighted by molar-refractivity contribution is 7.07. The molecule has 2 aromatic carbocycles. The maximum absolute atomic E-state index is 13.8. The number of rotatable bonds is 6. The van der Waals surface area contributed by atoms with Gasteiger partial charge < -0.3 is 19.2 Å². The topological polar surface area (TPSA) is 94.9 Å². The van der Waals surface area contributed by atoms with E-state index in [2.05, 4.69) is 9.98 Å². The van der Waals surface area contributed by atoms with Gasteiger partial charge in [0, 0.05) is 34.3 Å². The van der Waals surface area contributed by atoms with Gasteiger partial charge in [-0.25, -0.2) is 9.79 Å². The first-order valence-electron chi connectivity index (χ1n) is 11.4. The Balaban J connectivity index is 1.77. The van der Waals surface area contributed by atoms with E-state index in [1.54, 1.807) is 50.8 Å². The Labute approximate surface area is 210 Å². The molecular formula is C27H25N3O5S. The Kier molecular flexibility index (Phi) is 6.24. The van der Waals surface area contributed by atoms with Crippen molar-refractivity contribution in [1.29, 1.82) is 0 Å². The van der Waals surface area contributed by atoms with Crippen molar-refractivity contribution in [2.45, 2.75) is 19.9 Å². The van der Waals surface area contributed by atoms with Gasteiger partial charge in [-0.05, 0) is 38.1 Å². The average molecular weight is 504 g/mol. The van der Waals surface area contributed by atoms with E-state index in [9.17, 15) is 9.59 Å². The van der Waals surface area contributed by atoms with Crippen molar-refractivity contribution in [3.8, 4) is 11.5 Å². The molecule has 0 unspecified atom stereocenters. The SMILES string of the molecule is CCOC(=O)C1=C(C)N=c2sc(=Cc3c[nH]c4ccccc34)c(=O)n2[C@@H]1c1ccc(OC)cc1OC. The molecule has 1 atom stereocenters. The Morgan fingerprint density at radius 1 is 1.19 bits per heavy atom. The summed E-state index contributed by atoms with van der Waals surface area (Å²) < 4.78 is 18.4. The number of ether oxygens (including phenoxy) is 3. The molecule has 3 heterocycles. The summed E-state index contributed by atoms with van der Waals surface area (Å²) in [6.45, 7) is 3.70. The fourth-order valence-corrected chi connectivity index (χ4v) is 5.52. The lowest BCUT2D eigenvalue weighted by Crippen LogP contribution is -2.40. The van der Waals surface area contributed by atoms with Crippen LogP contribution in [0, 0.1) is 0 Å². The molecule has 184 valence electrons. The van der Waals surface area contributed by atoms with Gasteiger partial charge >= 0.3 is 5.97 Å². The van der Waals surface area contributed by atoms with E-state index in [1.807, 2.05) is 36.5 Å². The van der Waals surface area contributed by atoms with Crippen LogP contribution in [0.3, 0.4) is 0 Å². The molecule has 0 fully saturated rings. The molecule has 1 aliphatic heterocycles. The fourth-order valence-electron chi connectivity index (χ4n) is 4.48. The first kappa shape index (κ1) is 23.6. The molecule has 36 heavy (non-hydrogen) atoms. The van der Waals surface area contributed by atoms with E-state index >= 15 is 0 Å². The van der Waals surface area contributed by atoms with E-state index in [4.69, 9.17) is 14.2 Å². The van der Waals surface area contributed by atoms with Crippen molar-refractivity contribution in [1.82, 2.24) is 9.55 Å². The number of carbonyl (C=O) groups excluding carboxylic acids is 1. The lowest BCUT2D eigenvalue weighted by molar-refractivity contribution is -0.139. The molecule has 0 saturated heterocycles. The van der Waals surface area contributed by atoms with Crippen LogP contribution in [0.2, 0.25) is 0 Å². The minimum absolute atomic E-state index is 0.201. The minimum atomic E-state index is -0.772. The highest BCUT2D eigenvalue weighted by atomic mass is 32.1. The van der Waals surface area contributed by atoms with Crippen LogP contribution in [-0.2, 0) is 9.53 Å². The van der Waals surface area contributed by atoms with Crippen LogP contribution in [0.5, 0.6) is 11.5 Å². The number of para-hydroxylation sites is 1. The summed E-state index contributed by atoms with van der Waals surface area (Å²) in [4.78, 5) is 35.3. The van der Waals surface area contributed by atoms with Crippen molar-refractivity contribution in [3.63, 3.8) is 0 Å². The third-order valence-electron chi connectivity index (χ3n) is 6.16. The highest BCUT2D eigenvalue weighted by Crippen LogP contribution is 2.37. The van der Waals surface area contributed by atoms with Crippen molar-refractivity contribution < 1.29 is 19.0 Å². The number of nitrogens with zero attached hydrogens (tertiary/aromatic N) is 2. The molecule has 5 rings (SSSR count). The number of carbonyl (C=O) groups is 1. The van der Waals surface area contributed by atoms with Crippen molar-refractivity contribution in [2.75, 3.05) is 20.8 Å². The number of benzene rings is 2. The van der Waals surface area contributed by atoms with Gasteiger partial charge in [0.1, 0.15) is 17.5 Å². The van der Waals surface area contributed by atoms with E-state index in [0.29, 0.717) is 37.7 Å². The summed E-state index contributed by atoms with van der Waals surface area (Å²) >= 11 is 1.28. The Morgan fingerprint density at radius 3 is 2.75 bits per heavy atom. The molecule has 4 aromatic rings. The number of nitrogens with one attached hydrogen (secondary N) is 1. The van der Waals surface area contributed by atoms with Crippen molar-refractivity contribution >= 4 is 34.3 Å². The van der Waals surface area contributed by atoms with Gasteiger partial charge in [0.15, 0.2) is 4.80 Å². The molecule has 1 N–H and O–H groups in total. The summed E-state index contributed by atoms with van der Waals surface area (Å²) in [7, 11) is 3.11. The summed E-state index contributed by atoms with van der Waals surface area (Å²) in [5, 5.41) is 1.01. The lowest BCUT2D eigenvalue weighted by atomic mass is 9.95. The number of hydrogen-bond acceptors (Lipinski definition) is 7. The van der Waals surface area contributed by atoms with Gasteiger partial charge in [-0.2, -0.15) is 0 Å². The van der Waals surface area contributed by atoms with Crippen molar-refractivity contribution in [3.05, 3.63) is 90.7 Å². The number of hydrogen-bond donors (Lipinski definition) is 1. The number of allylic oxidation sites excluding steroid dienone is 1. The van der Waals surface area contributed by atoms with E-state index in [0.717, 1.165) is 16.5 Å². The third kappa shape index (κ3) is 3.91. The molecule has 8 nitrogen and oxygen atoms in total. The van der Waals surface area contributed by atoms with Gasteiger partial charge in [0.05, 0.1) is 36.6 Å². The van der Waals surface area contributed by atoms with E-state index in [-0.39, 0.29) is 12.2 Å². The first-order valence-corrected chi connectivity index (χ1v) is 12.3. The zero-order valence-corrected chi connectivity index (χ0v) is 21.1. The number of H-pyrrole nitrogens is 1. The van der Waals surface area contributed by atoms with Gasteiger partial charge in [0.25, 0.3) is 5.56 Å². The molecule has 2 aromatic heterocycles. The molecule has 9 heteroatoms. The minimum Gasteiger partial charge on any atom is -0.497 e. The lowest BCUT2D eigenvalue weighted by Gasteiger charge is -2.26. The quantitative estimate of drug-likeness (QED) is 0.408. The molecule has 0 bridgehead atoms. The zero-order valence-electron chi connectivity index (χ0n) is 20.3. The summed E-state index contributed by atoms with van der Waals surface area (Å²) in [6, 6.07) is 12.4. The molecule has 1 aliphatic rings. The van der Waals surface area contributed by atoms with Gasteiger partial charge in [-0.3, -0.25) is 9.36 Å². The predicted molar refractivity (Wildman–Crippen MR) is 138 cm³/mol. The van der Waals surface area contributed by atoms with Crippen molar-refractivity contribution in [2.24, 2.45) is 4.99 Å². The number of thiazole rings is 1. The molecular weight excluding hydrogens is 478 g/mol. The van der Waals surface area contributed by atoms with Crippen LogP contribution in [0.15, 0.2) is 69.7 Å². The Morgan fingerprint density at radius 2 is 2.00 bits per heavy atom. The zero-order chi connectivity index (χ0) is 25.4. The number of aromatic amines is 1. The van der Waals surface area contributed by atoms with Crippen LogP contribution in [0.4, 0.5) is 0 Å². The summed E-state index contributed by atoms with van der Waals surface area (Å²) in [5.74, 6) is 0.565.